The number of aliphatic hydroxyl groups excluding tert-OH is 1. The van der Waals surface area contributed by atoms with Gasteiger partial charge < -0.3 is 25.4 Å². The minimum Gasteiger partial charge on any atom is -0.508 e. The van der Waals surface area contributed by atoms with Gasteiger partial charge in [0, 0.05) is 47.0 Å². The Balaban J connectivity index is 1.29. The molecule has 2 fully saturated rings. The number of pyridine rings is 1. The summed E-state index contributed by atoms with van der Waals surface area (Å²) < 4.78 is 6.33. The molecule has 2 aromatic carbocycles. The molecule has 7 rings (SSSR count). The number of rotatable bonds is 5. The molecule has 3 heterocycles. The molecular formula is C31H33N3O5. The van der Waals surface area contributed by atoms with Gasteiger partial charge in [-0.25, -0.2) is 0 Å². The number of piperidine rings is 1. The number of aromatic nitrogens is 1. The lowest BCUT2D eigenvalue weighted by molar-refractivity contribution is -0.153. The summed E-state index contributed by atoms with van der Waals surface area (Å²) in [6, 6.07) is 10.8. The first-order valence-corrected chi connectivity index (χ1v) is 13.7. The SMILES string of the molecule is C/C(C(=O)Nc1cccc2cnccc12)=C(/O)[C@@H]1Oc2c(O)ccc3c2[C@@]12CCN(CC1CC1)[C@H](C3)[C@@]2(C)O. The van der Waals surface area contributed by atoms with Gasteiger partial charge in [-0.2, -0.15) is 0 Å². The molecule has 3 aromatic rings. The third-order valence-corrected chi connectivity index (χ3v) is 9.64. The second-order valence-corrected chi connectivity index (χ2v) is 11.8. The lowest BCUT2D eigenvalue weighted by atomic mass is 9.53. The Labute approximate surface area is 226 Å². The smallest absolute Gasteiger partial charge is 0.254 e. The second-order valence-electron chi connectivity index (χ2n) is 11.8. The number of nitrogens with one attached hydrogen (secondary N) is 1. The third-order valence-electron chi connectivity index (χ3n) is 9.64. The van der Waals surface area contributed by atoms with Crippen LogP contribution in [-0.4, -0.2) is 61.9 Å². The summed E-state index contributed by atoms with van der Waals surface area (Å²) >= 11 is 0. The Morgan fingerprint density at radius 3 is 2.85 bits per heavy atom. The van der Waals surface area contributed by atoms with Crippen molar-refractivity contribution in [2.75, 3.05) is 18.4 Å². The molecule has 39 heavy (non-hydrogen) atoms. The first kappa shape index (κ1) is 24.4. The van der Waals surface area contributed by atoms with E-state index in [2.05, 4.69) is 15.2 Å². The van der Waals surface area contributed by atoms with Crippen molar-refractivity contribution in [2.45, 2.75) is 62.7 Å². The van der Waals surface area contributed by atoms with Crippen LogP contribution in [0.4, 0.5) is 5.69 Å². The molecule has 1 spiro atoms. The molecule has 4 N–H and O–H groups in total. The van der Waals surface area contributed by atoms with Crippen molar-refractivity contribution in [1.29, 1.82) is 0 Å². The van der Waals surface area contributed by atoms with Crippen molar-refractivity contribution in [3.63, 3.8) is 0 Å². The van der Waals surface area contributed by atoms with Gasteiger partial charge >= 0.3 is 0 Å². The highest BCUT2D eigenvalue weighted by Gasteiger charge is 2.69. The molecule has 4 aliphatic rings. The zero-order chi connectivity index (χ0) is 27.1. The number of likely N-dealkylation sites (tertiary alicyclic amines) is 1. The minimum absolute atomic E-state index is 0.0236. The Morgan fingerprint density at radius 1 is 1.23 bits per heavy atom. The summed E-state index contributed by atoms with van der Waals surface area (Å²) in [6.45, 7) is 5.10. The van der Waals surface area contributed by atoms with Crippen molar-refractivity contribution in [2.24, 2.45) is 5.92 Å². The number of nitrogens with zero attached hydrogens (tertiary/aromatic N) is 2. The maximum Gasteiger partial charge on any atom is 0.254 e. The maximum atomic E-state index is 13.5. The summed E-state index contributed by atoms with van der Waals surface area (Å²) in [7, 11) is 0. The molecule has 0 unspecified atom stereocenters. The number of fused-ring (bicyclic) bond motifs is 2. The summed E-state index contributed by atoms with van der Waals surface area (Å²) in [4.78, 5) is 20.0. The van der Waals surface area contributed by atoms with Crippen LogP contribution in [0, 0.1) is 5.92 Å². The van der Waals surface area contributed by atoms with Gasteiger partial charge in [-0.1, -0.05) is 18.2 Å². The number of phenolic OH excluding ortho intramolecular Hbond substituents is 1. The summed E-state index contributed by atoms with van der Waals surface area (Å²) in [6.07, 6.45) is 6.01. The van der Waals surface area contributed by atoms with E-state index in [1.54, 1.807) is 25.4 Å². The summed E-state index contributed by atoms with van der Waals surface area (Å²) in [5.74, 6) is 0.256. The largest absolute Gasteiger partial charge is 0.508 e. The van der Waals surface area contributed by atoms with Crippen molar-refractivity contribution in [3.8, 4) is 11.5 Å². The van der Waals surface area contributed by atoms with Crippen LogP contribution < -0.4 is 10.1 Å². The van der Waals surface area contributed by atoms with E-state index < -0.39 is 23.0 Å². The van der Waals surface area contributed by atoms with Gasteiger partial charge in [-0.05, 0) is 75.8 Å². The Bertz CT molecular complexity index is 1540. The minimum atomic E-state index is -1.26. The fourth-order valence-electron chi connectivity index (χ4n) is 7.33. The zero-order valence-electron chi connectivity index (χ0n) is 22.1. The lowest BCUT2D eigenvalue weighted by Gasteiger charge is -2.59. The van der Waals surface area contributed by atoms with E-state index in [0.717, 1.165) is 35.0 Å². The van der Waals surface area contributed by atoms with Gasteiger partial charge in [0.1, 0.15) is 5.76 Å². The molecular weight excluding hydrogens is 494 g/mol. The summed E-state index contributed by atoms with van der Waals surface area (Å²) in [5.41, 5.74) is 0.231. The lowest BCUT2D eigenvalue weighted by Crippen LogP contribution is -2.73. The highest BCUT2D eigenvalue weighted by Crippen LogP contribution is 2.63. The van der Waals surface area contributed by atoms with Crippen molar-refractivity contribution in [1.82, 2.24) is 9.88 Å². The zero-order valence-corrected chi connectivity index (χ0v) is 22.1. The van der Waals surface area contributed by atoms with Crippen LogP contribution in [-0.2, 0) is 16.6 Å². The van der Waals surface area contributed by atoms with Crippen LogP contribution in [0.5, 0.6) is 11.5 Å². The van der Waals surface area contributed by atoms with Crippen LogP contribution in [0.25, 0.3) is 10.8 Å². The highest BCUT2D eigenvalue weighted by atomic mass is 16.5. The molecule has 2 bridgehead atoms. The molecule has 0 radical (unpaired) electrons. The second kappa shape index (κ2) is 8.44. The van der Waals surface area contributed by atoms with Crippen LogP contribution in [0.1, 0.15) is 44.2 Å². The Morgan fingerprint density at radius 2 is 2.05 bits per heavy atom. The van der Waals surface area contributed by atoms with Crippen LogP contribution in [0.3, 0.4) is 0 Å². The number of anilines is 1. The monoisotopic (exact) mass is 527 g/mol. The number of carbonyl (C=O) groups excluding carboxylic acids is 1. The number of amides is 1. The predicted molar refractivity (Wildman–Crippen MR) is 147 cm³/mol. The highest BCUT2D eigenvalue weighted by molar-refractivity contribution is 6.08. The van der Waals surface area contributed by atoms with Crippen LogP contribution in [0.15, 0.2) is 60.1 Å². The number of ether oxygens (including phenoxy) is 1. The fraction of sp³-hybridized carbons (Fsp3) is 0.419. The van der Waals surface area contributed by atoms with Gasteiger partial charge in [0.25, 0.3) is 5.91 Å². The molecule has 2 aliphatic heterocycles. The molecule has 1 amide bonds. The van der Waals surface area contributed by atoms with E-state index in [0.29, 0.717) is 30.2 Å². The van der Waals surface area contributed by atoms with E-state index in [1.807, 2.05) is 37.3 Å². The average molecular weight is 528 g/mol. The third kappa shape index (κ3) is 3.44. The van der Waals surface area contributed by atoms with Gasteiger partial charge in [0.05, 0.1) is 16.6 Å². The molecule has 2 aliphatic carbocycles. The molecule has 1 saturated carbocycles. The number of hydrogen-bond donors (Lipinski definition) is 4. The van der Waals surface area contributed by atoms with E-state index >= 15 is 0 Å². The average Bonchev–Trinajstić information content (AvgIpc) is 3.67. The number of benzene rings is 2. The van der Waals surface area contributed by atoms with Crippen LogP contribution >= 0.6 is 0 Å². The van der Waals surface area contributed by atoms with Gasteiger partial charge in [-0.15, -0.1) is 0 Å². The van der Waals surface area contributed by atoms with Crippen molar-refractivity contribution < 1.29 is 24.9 Å². The molecule has 202 valence electrons. The first-order chi connectivity index (χ1) is 18.7. The van der Waals surface area contributed by atoms with Gasteiger partial charge in [0.15, 0.2) is 17.6 Å². The standard InChI is InChI=1S/C31H33N3O5/c1-17(29(37)33-22-5-3-4-20-15-32-12-10-21(20)22)26(36)28-31-11-13-34(16-18-6-7-18)24(30(31,2)38)14-19-8-9-23(35)27(39-28)25(19)31/h3-5,8-10,12,15,18,24,28,35-36,38H,6-7,11,13-14,16H2,1-2H3,(H,33,37)/b26-17-/t24-,28+,30-,31+/m1/s1. The quantitative estimate of drug-likeness (QED) is 0.290. The van der Waals surface area contributed by atoms with E-state index in [1.165, 1.54) is 12.8 Å². The number of aliphatic hydroxyl groups is 2. The molecule has 1 saturated heterocycles. The Kier molecular flexibility index (Phi) is 5.28. The topological polar surface area (TPSA) is 115 Å². The first-order valence-electron chi connectivity index (χ1n) is 13.7. The van der Waals surface area contributed by atoms with Gasteiger partial charge in [0.2, 0.25) is 0 Å². The van der Waals surface area contributed by atoms with Crippen molar-refractivity contribution in [3.05, 3.63) is 71.3 Å². The Hall–Kier alpha value is -3.62. The van der Waals surface area contributed by atoms with E-state index in [4.69, 9.17) is 4.74 Å². The number of hydrogen-bond acceptors (Lipinski definition) is 7. The maximum absolute atomic E-state index is 13.5. The summed E-state index contributed by atoms with van der Waals surface area (Å²) in [5, 5.41) is 39.5. The van der Waals surface area contributed by atoms with E-state index in [-0.39, 0.29) is 23.1 Å². The predicted octanol–water partition coefficient (Wildman–Crippen LogP) is 4.20. The van der Waals surface area contributed by atoms with Crippen molar-refractivity contribution >= 4 is 22.4 Å². The number of phenols is 1. The number of carbonyl (C=O) groups is 1. The fourth-order valence-corrected chi connectivity index (χ4v) is 7.33. The molecule has 1 aromatic heterocycles. The molecule has 8 nitrogen and oxygen atoms in total. The normalized spacial score (nSPS) is 29.9. The van der Waals surface area contributed by atoms with E-state index in [9.17, 15) is 20.1 Å². The van der Waals surface area contributed by atoms with Gasteiger partial charge in [-0.3, -0.25) is 14.7 Å². The molecule has 8 heteroatoms. The van der Waals surface area contributed by atoms with Crippen LogP contribution in [0.2, 0.25) is 0 Å². The molecule has 4 atom stereocenters. The number of aromatic hydroxyl groups is 1.